The van der Waals surface area contributed by atoms with Gasteiger partial charge in [0.25, 0.3) is 0 Å². The molecule has 0 saturated heterocycles. The van der Waals surface area contributed by atoms with E-state index >= 15 is 0 Å². The van der Waals surface area contributed by atoms with Crippen LogP contribution in [0.1, 0.15) is 27.8 Å². The minimum absolute atomic E-state index is 0.455. The maximum atomic E-state index is 6.77. The van der Waals surface area contributed by atoms with Gasteiger partial charge in [-0.15, -0.1) is 0 Å². The number of para-hydroxylation sites is 1. The minimum atomic E-state index is -0.455. The van der Waals surface area contributed by atoms with Crippen LogP contribution < -0.4 is 4.74 Å². The van der Waals surface area contributed by atoms with Gasteiger partial charge in [-0.3, -0.25) is 0 Å². The average Bonchev–Trinajstić information content (AvgIpc) is 3.49. The highest BCUT2D eigenvalue weighted by atomic mass is 16.5. The molecule has 7 aromatic carbocycles. The van der Waals surface area contributed by atoms with Crippen LogP contribution in [0.2, 0.25) is 0 Å². The lowest BCUT2D eigenvalue weighted by Crippen LogP contribution is -2.32. The predicted molar refractivity (Wildman–Crippen MR) is 208 cm³/mol. The molecule has 1 aliphatic heterocycles. The Kier molecular flexibility index (Phi) is 6.65. The zero-order chi connectivity index (χ0) is 33.9. The number of hydrogen-bond acceptors (Lipinski definition) is 2. The van der Waals surface area contributed by atoms with Crippen molar-refractivity contribution < 1.29 is 4.74 Å². The maximum Gasteiger partial charge on any atom is 0.132 e. The van der Waals surface area contributed by atoms with E-state index in [0.717, 1.165) is 50.7 Å². The molecule has 2 heterocycles. The Morgan fingerprint density at radius 2 is 0.922 bits per heavy atom. The molecule has 2 heteroatoms. The van der Waals surface area contributed by atoms with E-state index in [0.29, 0.717) is 0 Å². The molecule has 51 heavy (non-hydrogen) atoms. The first-order valence-corrected chi connectivity index (χ1v) is 17.5. The van der Waals surface area contributed by atoms with E-state index in [9.17, 15) is 0 Å². The molecule has 0 unspecified atom stereocenters. The largest absolute Gasteiger partial charge is 0.457 e. The molecule has 0 bridgehead atoms. The standard InChI is InChI=1S/C49H33NO/c1-32-40(34-14-4-2-5-15-34)31-45(35-16-6-3-7-17-35)50-48(32)36-26-24-33(25-27-36)37-28-29-44-47(30-37)51-46-23-13-12-22-43(46)49(44)41-20-10-8-18-38(41)39-19-9-11-21-42(39)49/h2-31H,1H3. The molecule has 1 aliphatic carbocycles. The SMILES string of the molecule is Cc1c(-c2ccccc2)cc(-c2ccccc2)nc1-c1ccc(-c2ccc3c(c2)Oc2ccccc2C32c3ccccc3-c3ccccc32)cc1. The van der Waals surface area contributed by atoms with Crippen molar-refractivity contribution in [2.45, 2.75) is 12.3 Å². The van der Waals surface area contributed by atoms with Gasteiger partial charge in [0.1, 0.15) is 11.5 Å². The molecule has 0 fully saturated rings. The monoisotopic (exact) mass is 651 g/mol. The van der Waals surface area contributed by atoms with Gasteiger partial charge in [0.2, 0.25) is 0 Å². The normalized spacial score (nSPS) is 13.1. The van der Waals surface area contributed by atoms with Crippen molar-refractivity contribution in [3.8, 4) is 67.4 Å². The van der Waals surface area contributed by atoms with E-state index < -0.39 is 5.41 Å². The zero-order valence-electron chi connectivity index (χ0n) is 28.2. The first-order valence-electron chi connectivity index (χ1n) is 17.5. The summed E-state index contributed by atoms with van der Waals surface area (Å²) in [5.41, 5.74) is 17.0. The Morgan fingerprint density at radius 1 is 0.392 bits per heavy atom. The first-order chi connectivity index (χ1) is 25.2. The quantitative estimate of drug-likeness (QED) is 0.189. The number of hydrogen-bond donors (Lipinski definition) is 0. The average molecular weight is 652 g/mol. The van der Waals surface area contributed by atoms with Crippen LogP contribution in [0.15, 0.2) is 182 Å². The summed E-state index contributed by atoms with van der Waals surface area (Å²) >= 11 is 0. The summed E-state index contributed by atoms with van der Waals surface area (Å²) in [6, 6.07) is 65.1. The fourth-order valence-corrected chi connectivity index (χ4v) is 8.43. The number of fused-ring (bicyclic) bond motifs is 9. The molecule has 1 aromatic heterocycles. The summed E-state index contributed by atoms with van der Waals surface area (Å²) in [7, 11) is 0. The van der Waals surface area contributed by atoms with E-state index in [4.69, 9.17) is 9.72 Å². The Labute approximate surface area is 298 Å². The second-order valence-corrected chi connectivity index (χ2v) is 13.5. The summed E-state index contributed by atoms with van der Waals surface area (Å²) in [4.78, 5) is 5.24. The lowest BCUT2D eigenvalue weighted by molar-refractivity contribution is 0.436. The van der Waals surface area contributed by atoms with Crippen LogP contribution in [0.5, 0.6) is 11.5 Å². The van der Waals surface area contributed by atoms with Gasteiger partial charge in [0.05, 0.1) is 16.8 Å². The maximum absolute atomic E-state index is 6.77. The number of nitrogens with zero attached hydrogens (tertiary/aromatic N) is 1. The van der Waals surface area contributed by atoms with Crippen molar-refractivity contribution in [2.24, 2.45) is 0 Å². The molecule has 0 N–H and O–H groups in total. The predicted octanol–water partition coefficient (Wildman–Crippen LogP) is 12.5. The highest BCUT2D eigenvalue weighted by molar-refractivity contribution is 5.89. The van der Waals surface area contributed by atoms with Crippen LogP contribution in [0, 0.1) is 6.92 Å². The molecule has 1 spiro atoms. The van der Waals surface area contributed by atoms with E-state index in [2.05, 4.69) is 183 Å². The topological polar surface area (TPSA) is 22.1 Å². The third kappa shape index (κ3) is 4.46. The van der Waals surface area contributed by atoms with Crippen LogP contribution in [0.4, 0.5) is 0 Å². The summed E-state index contributed by atoms with van der Waals surface area (Å²) in [6.45, 7) is 2.18. The van der Waals surface area contributed by atoms with Crippen molar-refractivity contribution in [2.75, 3.05) is 0 Å². The van der Waals surface area contributed by atoms with Crippen LogP contribution >= 0.6 is 0 Å². The molecule has 240 valence electrons. The van der Waals surface area contributed by atoms with Crippen LogP contribution in [0.3, 0.4) is 0 Å². The van der Waals surface area contributed by atoms with Gasteiger partial charge in [-0.05, 0) is 75.2 Å². The van der Waals surface area contributed by atoms with Gasteiger partial charge in [-0.2, -0.15) is 0 Å². The number of benzene rings is 7. The highest BCUT2D eigenvalue weighted by Crippen LogP contribution is 2.62. The lowest BCUT2D eigenvalue weighted by atomic mass is 9.66. The summed E-state index contributed by atoms with van der Waals surface area (Å²) < 4.78 is 6.77. The van der Waals surface area contributed by atoms with E-state index in [1.165, 1.54) is 44.5 Å². The number of rotatable bonds is 4. The second kappa shape index (κ2) is 11.5. The van der Waals surface area contributed by atoms with E-state index in [-0.39, 0.29) is 0 Å². The highest BCUT2D eigenvalue weighted by Gasteiger charge is 2.50. The summed E-state index contributed by atoms with van der Waals surface area (Å²) in [6.07, 6.45) is 0. The van der Waals surface area contributed by atoms with Gasteiger partial charge in [0.15, 0.2) is 0 Å². The van der Waals surface area contributed by atoms with Crippen molar-refractivity contribution in [3.05, 3.63) is 210 Å². The lowest BCUT2D eigenvalue weighted by Gasteiger charge is -2.39. The van der Waals surface area contributed by atoms with E-state index in [1.54, 1.807) is 0 Å². The third-order valence-electron chi connectivity index (χ3n) is 10.8. The third-order valence-corrected chi connectivity index (χ3v) is 10.8. The molecular weight excluding hydrogens is 619 g/mol. The number of aromatic nitrogens is 1. The first kappa shape index (κ1) is 29.4. The Bertz CT molecular complexity index is 2560. The molecule has 0 radical (unpaired) electrons. The zero-order valence-corrected chi connectivity index (χ0v) is 28.2. The Morgan fingerprint density at radius 3 is 1.61 bits per heavy atom. The molecule has 2 nitrogen and oxygen atoms in total. The molecule has 0 atom stereocenters. The smallest absolute Gasteiger partial charge is 0.132 e. The van der Waals surface area contributed by atoms with Crippen LogP contribution in [0.25, 0.3) is 55.9 Å². The Balaban J connectivity index is 1.09. The molecular formula is C49H33NO. The van der Waals surface area contributed by atoms with Gasteiger partial charge in [0, 0.05) is 22.3 Å². The molecule has 8 aromatic rings. The summed E-state index contributed by atoms with van der Waals surface area (Å²) in [5, 5.41) is 0. The van der Waals surface area contributed by atoms with Crippen LogP contribution in [-0.4, -0.2) is 4.98 Å². The van der Waals surface area contributed by atoms with Crippen molar-refractivity contribution in [3.63, 3.8) is 0 Å². The van der Waals surface area contributed by atoms with E-state index in [1.807, 2.05) is 6.07 Å². The van der Waals surface area contributed by atoms with Crippen molar-refractivity contribution in [1.82, 2.24) is 4.98 Å². The molecule has 0 saturated carbocycles. The number of pyridine rings is 1. The minimum Gasteiger partial charge on any atom is -0.457 e. The Hall–Kier alpha value is -6.51. The molecule has 2 aliphatic rings. The van der Waals surface area contributed by atoms with Crippen molar-refractivity contribution >= 4 is 0 Å². The number of ether oxygens (including phenoxy) is 1. The van der Waals surface area contributed by atoms with Gasteiger partial charge in [-0.1, -0.05) is 164 Å². The second-order valence-electron chi connectivity index (χ2n) is 13.5. The fourth-order valence-electron chi connectivity index (χ4n) is 8.43. The molecule has 0 amide bonds. The van der Waals surface area contributed by atoms with Gasteiger partial charge < -0.3 is 4.74 Å². The van der Waals surface area contributed by atoms with Crippen LogP contribution in [-0.2, 0) is 5.41 Å². The van der Waals surface area contributed by atoms with Gasteiger partial charge in [-0.25, -0.2) is 4.98 Å². The summed E-state index contributed by atoms with van der Waals surface area (Å²) in [5.74, 6) is 1.79. The van der Waals surface area contributed by atoms with Crippen molar-refractivity contribution in [1.29, 1.82) is 0 Å². The molecule has 10 rings (SSSR count). The van der Waals surface area contributed by atoms with Gasteiger partial charge >= 0.3 is 0 Å². The fraction of sp³-hybridized carbons (Fsp3) is 0.0408.